The molecule has 1 aliphatic rings. The number of ether oxygens (including phenoxy) is 1. The molecule has 2 N–H and O–H groups in total. The summed E-state index contributed by atoms with van der Waals surface area (Å²) in [5, 5.41) is 11.5. The molecule has 0 unspecified atom stereocenters. The Hall–Kier alpha value is -1.10. The van der Waals surface area contributed by atoms with Crippen molar-refractivity contribution in [3.63, 3.8) is 0 Å². The van der Waals surface area contributed by atoms with E-state index in [1.807, 2.05) is 6.92 Å². The molecule has 5 heteroatoms. The number of amides is 1. The van der Waals surface area contributed by atoms with E-state index < -0.39 is 12.0 Å². The van der Waals surface area contributed by atoms with Crippen LogP contribution in [0.4, 0.5) is 0 Å². The second-order valence-electron chi connectivity index (χ2n) is 4.10. The third-order valence-corrected chi connectivity index (χ3v) is 2.76. The molecule has 1 aliphatic heterocycles. The highest BCUT2D eigenvalue weighted by molar-refractivity contribution is 5.85. The monoisotopic (exact) mass is 229 g/mol. The number of rotatable bonds is 6. The topological polar surface area (TPSA) is 75.6 Å². The number of nitrogens with one attached hydrogen (secondary N) is 1. The number of carboxylic acid groups (broad SMARTS) is 1. The van der Waals surface area contributed by atoms with Gasteiger partial charge in [-0.3, -0.25) is 4.79 Å². The van der Waals surface area contributed by atoms with Crippen molar-refractivity contribution < 1.29 is 19.4 Å². The first-order valence-electron chi connectivity index (χ1n) is 5.76. The van der Waals surface area contributed by atoms with Crippen LogP contribution in [0.2, 0.25) is 0 Å². The fraction of sp³-hybridized carbons (Fsp3) is 0.818. The van der Waals surface area contributed by atoms with Gasteiger partial charge in [-0.25, -0.2) is 4.79 Å². The van der Waals surface area contributed by atoms with Crippen molar-refractivity contribution in [2.75, 3.05) is 13.2 Å². The molecule has 1 heterocycles. The average molecular weight is 229 g/mol. The quantitative estimate of drug-likeness (QED) is 0.705. The van der Waals surface area contributed by atoms with Gasteiger partial charge in [-0.2, -0.15) is 0 Å². The van der Waals surface area contributed by atoms with Crippen LogP contribution < -0.4 is 5.32 Å². The van der Waals surface area contributed by atoms with Crippen LogP contribution in [0.1, 0.15) is 32.6 Å². The zero-order chi connectivity index (χ0) is 12.0. The highest BCUT2D eigenvalue weighted by Crippen LogP contribution is 2.13. The number of aliphatic carboxylic acids is 1. The molecular weight excluding hydrogens is 210 g/mol. The Balaban J connectivity index is 2.40. The number of hydrogen-bond acceptors (Lipinski definition) is 3. The summed E-state index contributed by atoms with van der Waals surface area (Å²) in [7, 11) is 0. The molecule has 0 aliphatic carbocycles. The summed E-state index contributed by atoms with van der Waals surface area (Å²) in [5.74, 6) is -1.33. The molecule has 0 aromatic carbocycles. The Morgan fingerprint density at radius 1 is 1.56 bits per heavy atom. The van der Waals surface area contributed by atoms with Crippen LogP contribution in [0.5, 0.6) is 0 Å². The zero-order valence-corrected chi connectivity index (χ0v) is 9.57. The predicted molar refractivity (Wildman–Crippen MR) is 58.0 cm³/mol. The average Bonchev–Trinajstić information content (AvgIpc) is 2.76. The molecule has 1 saturated heterocycles. The maximum Gasteiger partial charge on any atom is 0.326 e. The van der Waals surface area contributed by atoms with Crippen LogP contribution in [0, 0.1) is 5.92 Å². The number of unbranched alkanes of at least 4 members (excludes halogenated alkanes) is 1. The second-order valence-corrected chi connectivity index (χ2v) is 4.10. The van der Waals surface area contributed by atoms with E-state index in [9.17, 15) is 9.59 Å². The molecule has 2 atom stereocenters. The Kier molecular flexibility index (Phi) is 5.25. The third-order valence-electron chi connectivity index (χ3n) is 2.76. The highest BCUT2D eigenvalue weighted by atomic mass is 16.5. The van der Waals surface area contributed by atoms with E-state index in [2.05, 4.69) is 5.32 Å². The third kappa shape index (κ3) is 3.81. The molecule has 0 spiro atoms. The largest absolute Gasteiger partial charge is 0.480 e. The number of carbonyl (C=O) groups is 2. The van der Waals surface area contributed by atoms with Crippen LogP contribution in [-0.4, -0.2) is 36.2 Å². The van der Waals surface area contributed by atoms with Gasteiger partial charge in [0.2, 0.25) is 5.91 Å². The molecule has 0 bridgehead atoms. The van der Waals surface area contributed by atoms with E-state index in [1.54, 1.807) is 0 Å². The number of carboxylic acids is 1. The van der Waals surface area contributed by atoms with E-state index in [1.165, 1.54) is 0 Å². The van der Waals surface area contributed by atoms with Gasteiger partial charge >= 0.3 is 5.97 Å². The van der Waals surface area contributed by atoms with E-state index >= 15 is 0 Å². The van der Waals surface area contributed by atoms with Gasteiger partial charge in [0.05, 0.1) is 12.5 Å². The van der Waals surface area contributed by atoms with Crippen LogP contribution in [-0.2, 0) is 14.3 Å². The molecule has 1 rings (SSSR count). The van der Waals surface area contributed by atoms with Crippen LogP contribution in [0.25, 0.3) is 0 Å². The van der Waals surface area contributed by atoms with Crippen LogP contribution >= 0.6 is 0 Å². The van der Waals surface area contributed by atoms with Crippen molar-refractivity contribution in [1.29, 1.82) is 0 Å². The van der Waals surface area contributed by atoms with Crippen molar-refractivity contribution in [2.45, 2.75) is 38.6 Å². The summed E-state index contributed by atoms with van der Waals surface area (Å²) < 4.78 is 5.09. The minimum atomic E-state index is -0.958. The molecule has 16 heavy (non-hydrogen) atoms. The van der Waals surface area contributed by atoms with Crippen molar-refractivity contribution in [3.8, 4) is 0 Å². The van der Waals surface area contributed by atoms with Crippen molar-refractivity contribution >= 4 is 11.9 Å². The normalized spacial score (nSPS) is 21.7. The summed E-state index contributed by atoms with van der Waals surface area (Å²) in [5.41, 5.74) is 0. The lowest BCUT2D eigenvalue weighted by Crippen LogP contribution is -2.43. The van der Waals surface area contributed by atoms with Crippen LogP contribution in [0.15, 0.2) is 0 Å². The van der Waals surface area contributed by atoms with E-state index in [-0.39, 0.29) is 11.8 Å². The van der Waals surface area contributed by atoms with Gasteiger partial charge in [-0.1, -0.05) is 19.8 Å². The Morgan fingerprint density at radius 3 is 2.81 bits per heavy atom. The fourth-order valence-corrected chi connectivity index (χ4v) is 1.70. The molecular formula is C11H19NO4. The molecule has 0 aromatic heterocycles. The minimum absolute atomic E-state index is 0.177. The second kappa shape index (κ2) is 6.48. The first-order valence-corrected chi connectivity index (χ1v) is 5.76. The zero-order valence-electron chi connectivity index (χ0n) is 9.57. The first kappa shape index (κ1) is 13.0. The van der Waals surface area contributed by atoms with E-state index in [0.29, 0.717) is 26.1 Å². The minimum Gasteiger partial charge on any atom is -0.480 e. The van der Waals surface area contributed by atoms with Crippen LogP contribution in [0.3, 0.4) is 0 Å². The SMILES string of the molecule is CCCC[C@@H](NC(=O)[C@@H]1CCOC1)C(=O)O. The fourth-order valence-electron chi connectivity index (χ4n) is 1.70. The van der Waals surface area contributed by atoms with Crippen molar-refractivity contribution in [2.24, 2.45) is 5.92 Å². The van der Waals surface area contributed by atoms with E-state index in [4.69, 9.17) is 9.84 Å². The lowest BCUT2D eigenvalue weighted by molar-refractivity contribution is -0.142. The molecule has 92 valence electrons. The van der Waals surface area contributed by atoms with Gasteiger partial charge in [-0.05, 0) is 12.8 Å². The Bertz CT molecular complexity index is 248. The molecule has 0 aromatic rings. The number of carbonyl (C=O) groups excluding carboxylic acids is 1. The number of hydrogen-bond donors (Lipinski definition) is 2. The summed E-state index contributed by atoms with van der Waals surface area (Å²) in [6.45, 7) is 2.99. The maximum atomic E-state index is 11.7. The van der Waals surface area contributed by atoms with Gasteiger partial charge in [-0.15, -0.1) is 0 Å². The maximum absolute atomic E-state index is 11.7. The molecule has 1 amide bonds. The van der Waals surface area contributed by atoms with Gasteiger partial charge in [0.1, 0.15) is 6.04 Å². The smallest absolute Gasteiger partial charge is 0.326 e. The summed E-state index contributed by atoms with van der Waals surface area (Å²) in [6.07, 6.45) is 2.90. The van der Waals surface area contributed by atoms with Crippen molar-refractivity contribution in [1.82, 2.24) is 5.32 Å². The lowest BCUT2D eigenvalue weighted by Gasteiger charge is -2.16. The molecule has 5 nitrogen and oxygen atoms in total. The van der Waals surface area contributed by atoms with Gasteiger partial charge < -0.3 is 15.2 Å². The predicted octanol–water partition coefficient (Wildman–Crippen LogP) is 0.782. The van der Waals surface area contributed by atoms with Gasteiger partial charge in [0, 0.05) is 6.61 Å². The standard InChI is InChI=1S/C11H19NO4/c1-2-3-4-9(11(14)15)12-10(13)8-5-6-16-7-8/h8-9H,2-7H2,1H3,(H,12,13)(H,14,15)/t8-,9-/m1/s1. The summed E-state index contributed by atoms with van der Waals surface area (Å²) >= 11 is 0. The van der Waals surface area contributed by atoms with Crippen molar-refractivity contribution in [3.05, 3.63) is 0 Å². The summed E-state index contributed by atoms with van der Waals surface area (Å²) in [6, 6.07) is -0.756. The van der Waals surface area contributed by atoms with E-state index in [0.717, 1.165) is 12.8 Å². The Labute approximate surface area is 95.2 Å². The summed E-state index contributed by atoms with van der Waals surface area (Å²) in [4.78, 5) is 22.6. The van der Waals surface area contributed by atoms with Gasteiger partial charge in [0.15, 0.2) is 0 Å². The first-order chi connectivity index (χ1) is 7.65. The molecule has 0 saturated carbocycles. The van der Waals surface area contributed by atoms with Gasteiger partial charge in [0.25, 0.3) is 0 Å². The lowest BCUT2D eigenvalue weighted by atomic mass is 10.1. The highest BCUT2D eigenvalue weighted by Gasteiger charge is 2.27. The molecule has 0 radical (unpaired) electrons. The Morgan fingerprint density at radius 2 is 2.31 bits per heavy atom. The molecule has 1 fully saturated rings.